The molecule has 0 saturated heterocycles. The van der Waals surface area contributed by atoms with E-state index in [0.29, 0.717) is 5.56 Å². The maximum Gasteiger partial charge on any atom is 0.255 e. The van der Waals surface area contributed by atoms with Gasteiger partial charge in [-0.25, -0.2) is 0 Å². The number of benzene rings is 2. The Balaban J connectivity index is 2.01. The van der Waals surface area contributed by atoms with Gasteiger partial charge in [-0.3, -0.25) is 4.79 Å². The summed E-state index contributed by atoms with van der Waals surface area (Å²) in [6.45, 7) is 5.06. The SMILES string of the molecule is CCCNc1ccc(NC(=O)c2cccc(C)c2)cc1. The Bertz CT molecular complexity index is 576. The summed E-state index contributed by atoms with van der Waals surface area (Å²) >= 11 is 0. The highest BCUT2D eigenvalue weighted by Crippen LogP contribution is 2.15. The monoisotopic (exact) mass is 268 g/mol. The van der Waals surface area contributed by atoms with Crippen LogP contribution in [0.25, 0.3) is 0 Å². The molecule has 0 aliphatic carbocycles. The summed E-state index contributed by atoms with van der Waals surface area (Å²) in [4.78, 5) is 12.1. The highest BCUT2D eigenvalue weighted by molar-refractivity contribution is 6.04. The second-order valence-corrected chi connectivity index (χ2v) is 4.83. The smallest absolute Gasteiger partial charge is 0.255 e. The van der Waals surface area contributed by atoms with Crippen LogP contribution in [0.1, 0.15) is 29.3 Å². The van der Waals surface area contributed by atoms with E-state index < -0.39 is 0 Å². The van der Waals surface area contributed by atoms with Gasteiger partial charge in [0.25, 0.3) is 5.91 Å². The first kappa shape index (κ1) is 14.1. The largest absolute Gasteiger partial charge is 0.385 e. The Morgan fingerprint density at radius 1 is 1.05 bits per heavy atom. The van der Waals surface area contributed by atoms with Crippen molar-refractivity contribution in [1.29, 1.82) is 0 Å². The topological polar surface area (TPSA) is 41.1 Å². The van der Waals surface area contributed by atoms with Crippen molar-refractivity contribution in [2.24, 2.45) is 0 Å². The summed E-state index contributed by atoms with van der Waals surface area (Å²) in [6, 6.07) is 15.3. The fraction of sp³-hybridized carbons (Fsp3) is 0.235. The summed E-state index contributed by atoms with van der Waals surface area (Å²) < 4.78 is 0. The minimum absolute atomic E-state index is 0.0806. The van der Waals surface area contributed by atoms with E-state index in [0.717, 1.165) is 29.9 Å². The molecule has 0 aliphatic rings. The minimum Gasteiger partial charge on any atom is -0.385 e. The lowest BCUT2D eigenvalue weighted by atomic mass is 10.1. The highest BCUT2D eigenvalue weighted by atomic mass is 16.1. The van der Waals surface area contributed by atoms with Gasteiger partial charge in [0.1, 0.15) is 0 Å². The van der Waals surface area contributed by atoms with Gasteiger partial charge in [0.2, 0.25) is 0 Å². The third-order valence-electron chi connectivity index (χ3n) is 3.00. The van der Waals surface area contributed by atoms with Gasteiger partial charge in [-0.15, -0.1) is 0 Å². The lowest BCUT2D eigenvalue weighted by Gasteiger charge is -2.08. The Morgan fingerprint density at radius 2 is 1.75 bits per heavy atom. The van der Waals surface area contributed by atoms with Gasteiger partial charge in [0.15, 0.2) is 0 Å². The van der Waals surface area contributed by atoms with E-state index in [9.17, 15) is 4.79 Å². The molecule has 2 rings (SSSR count). The molecular weight excluding hydrogens is 248 g/mol. The molecule has 0 aromatic heterocycles. The van der Waals surface area contributed by atoms with E-state index >= 15 is 0 Å². The number of hydrogen-bond donors (Lipinski definition) is 2. The number of anilines is 2. The fourth-order valence-electron chi connectivity index (χ4n) is 1.93. The van der Waals surface area contributed by atoms with Crippen molar-refractivity contribution in [3.8, 4) is 0 Å². The molecule has 3 nitrogen and oxygen atoms in total. The second-order valence-electron chi connectivity index (χ2n) is 4.83. The predicted octanol–water partition coefficient (Wildman–Crippen LogP) is 4.07. The van der Waals surface area contributed by atoms with Gasteiger partial charge in [-0.05, 0) is 49.7 Å². The number of carbonyl (C=O) groups excluding carboxylic acids is 1. The van der Waals surface area contributed by atoms with E-state index in [2.05, 4.69) is 17.6 Å². The lowest BCUT2D eigenvalue weighted by molar-refractivity contribution is 0.102. The van der Waals surface area contributed by atoms with Crippen molar-refractivity contribution in [3.63, 3.8) is 0 Å². The third-order valence-corrected chi connectivity index (χ3v) is 3.00. The van der Waals surface area contributed by atoms with Crippen LogP contribution in [0.4, 0.5) is 11.4 Å². The molecule has 2 N–H and O–H groups in total. The summed E-state index contributed by atoms with van der Waals surface area (Å²) in [7, 11) is 0. The number of nitrogens with one attached hydrogen (secondary N) is 2. The van der Waals surface area contributed by atoms with Crippen LogP contribution < -0.4 is 10.6 Å². The predicted molar refractivity (Wildman–Crippen MR) is 84.4 cm³/mol. The first-order valence-electron chi connectivity index (χ1n) is 6.91. The summed E-state index contributed by atoms with van der Waals surface area (Å²) in [5.41, 5.74) is 3.63. The normalized spacial score (nSPS) is 10.1. The maximum atomic E-state index is 12.1. The van der Waals surface area contributed by atoms with Crippen LogP contribution in [0.3, 0.4) is 0 Å². The van der Waals surface area contributed by atoms with E-state index in [4.69, 9.17) is 0 Å². The van der Waals surface area contributed by atoms with E-state index in [1.165, 1.54) is 0 Å². The maximum absolute atomic E-state index is 12.1. The molecule has 0 bridgehead atoms. The minimum atomic E-state index is -0.0806. The molecule has 3 heteroatoms. The number of carbonyl (C=O) groups is 1. The first-order chi connectivity index (χ1) is 9.69. The quantitative estimate of drug-likeness (QED) is 0.858. The summed E-state index contributed by atoms with van der Waals surface area (Å²) in [5.74, 6) is -0.0806. The molecule has 0 atom stereocenters. The van der Waals surface area contributed by atoms with Gasteiger partial charge in [-0.2, -0.15) is 0 Å². The van der Waals surface area contributed by atoms with Gasteiger partial charge < -0.3 is 10.6 Å². The molecule has 0 heterocycles. The average molecular weight is 268 g/mol. The van der Waals surface area contributed by atoms with Crippen molar-refractivity contribution >= 4 is 17.3 Å². The van der Waals surface area contributed by atoms with Crippen LogP contribution in [0.15, 0.2) is 48.5 Å². The molecule has 0 spiro atoms. The van der Waals surface area contributed by atoms with E-state index in [1.54, 1.807) is 0 Å². The molecule has 0 radical (unpaired) electrons. The first-order valence-corrected chi connectivity index (χ1v) is 6.91. The molecule has 0 unspecified atom stereocenters. The molecule has 0 fully saturated rings. The van der Waals surface area contributed by atoms with Crippen LogP contribution in [-0.2, 0) is 0 Å². The van der Waals surface area contributed by atoms with Crippen LogP contribution in [0, 0.1) is 6.92 Å². The van der Waals surface area contributed by atoms with Crippen molar-refractivity contribution in [2.45, 2.75) is 20.3 Å². The molecular formula is C17H20N2O. The standard InChI is InChI=1S/C17H20N2O/c1-3-11-18-15-7-9-16(10-8-15)19-17(20)14-6-4-5-13(2)12-14/h4-10,12,18H,3,11H2,1-2H3,(H,19,20). The molecule has 104 valence electrons. The highest BCUT2D eigenvalue weighted by Gasteiger charge is 2.05. The van der Waals surface area contributed by atoms with Crippen molar-refractivity contribution < 1.29 is 4.79 Å². The number of hydrogen-bond acceptors (Lipinski definition) is 2. The zero-order valence-corrected chi connectivity index (χ0v) is 11.9. The zero-order chi connectivity index (χ0) is 14.4. The van der Waals surface area contributed by atoms with Gasteiger partial charge in [0.05, 0.1) is 0 Å². The van der Waals surface area contributed by atoms with Gasteiger partial charge in [0, 0.05) is 23.5 Å². The summed E-state index contributed by atoms with van der Waals surface area (Å²) in [6.07, 6.45) is 1.09. The lowest BCUT2D eigenvalue weighted by Crippen LogP contribution is -2.11. The number of aryl methyl sites for hydroxylation is 1. The molecule has 0 saturated carbocycles. The van der Waals surface area contributed by atoms with Gasteiger partial charge >= 0.3 is 0 Å². The molecule has 0 aliphatic heterocycles. The zero-order valence-electron chi connectivity index (χ0n) is 11.9. The molecule has 1 amide bonds. The van der Waals surface area contributed by atoms with Crippen molar-refractivity contribution in [2.75, 3.05) is 17.2 Å². The number of rotatable bonds is 5. The second kappa shape index (κ2) is 6.75. The van der Waals surface area contributed by atoms with Crippen LogP contribution in [-0.4, -0.2) is 12.5 Å². The van der Waals surface area contributed by atoms with Gasteiger partial charge in [-0.1, -0.05) is 24.6 Å². The molecule has 2 aromatic rings. The Morgan fingerprint density at radius 3 is 2.40 bits per heavy atom. The van der Waals surface area contributed by atoms with E-state index in [1.807, 2.05) is 55.5 Å². The van der Waals surface area contributed by atoms with Crippen molar-refractivity contribution in [3.05, 3.63) is 59.7 Å². The Hall–Kier alpha value is -2.29. The molecule has 2 aromatic carbocycles. The van der Waals surface area contributed by atoms with E-state index in [-0.39, 0.29) is 5.91 Å². The van der Waals surface area contributed by atoms with Crippen molar-refractivity contribution in [1.82, 2.24) is 0 Å². The van der Waals surface area contributed by atoms with Crippen LogP contribution in [0.5, 0.6) is 0 Å². The Labute approximate surface area is 120 Å². The molecule has 20 heavy (non-hydrogen) atoms. The third kappa shape index (κ3) is 3.85. The van der Waals surface area contributed by atoms with Crippen LogP contribution >= 0.6 is 0 Å². The number of amides is 1. The summed E-state index contributed by atoms with van der Waals surface area (Å²) in [5, 5.41) is 6.20. The van der Waals surface area contributed by atoms with Crippen LogP contribution in [0.2, 0.25) is 0 Å². The average Bonchev–Trinajstić information content (AvgIpc) is 2.46. The fourth-order valence-corrected chi connectivity index (χ4v) is 1.93. The Kier molecular flexibility index (Phi) is 4.77.